The molecular weight excluding hydrogens is 413 g/mol. The van der Waals surface area contributed by atoms with Gasteiger partial charge in [0, 0.05) is 18.8 Å². The third-order valence-electron chi connectivity index (χ3n) is 5.00. The van der Waals surface area contributed by atoms with Crippen LogP contribution >= 0.6 is 11.3 Å². The fourth-order valence-electron chi connectivity index (χ4n) is 3.47. The van der Waals surface area contributed by atoms with Gasteiger partial charge in [0.15, 0.2) is 5.82 Å². The molecule has 1 aliphatic rings. The molecule has 3 aromatic rings. The maximum absolute atomic E-state index is 12.9. The summed E-state index contributed by atoms with van der Waals surface area (Å²) >= 11 is 1.59. The molecule has 1 aromatic carbocycles. The molecule has 0 saturated carbocycles. The van der Waals surface area contributed by atoms with Crippen LogP contribution in [-0.2, 0) is 11.0 Å². The Hall–Kier alpha value is -2.94. The van der Waals surface area contributed by atoms with Crippen LogP contribution in [-0.4, -0.2) is 29.2 Å². The van der Waals surface area contributed by atoms with Gasteiger partial charge in [-0.15, -0.1) is 21.5 Å². The van der Waals surface area contributed by atoms with Gasteiger partial charge < -0.3 is 10.2 Å². The van der Waals surface area contributed by atoms with Gasteiger partial charge in [-0.25, -0.2) is 0 Å². The number of aromatic nitrogens is 2. The highest BCUT2D eigenvalue weighted by atomic mass is 32.1. The number of piperidine rings is 1. The lowest BCUT2D eigenvalue weighted by molar-refractivity contribution is -0.137. The Morgan fingerprint density at radius 2 is 2.00 bits per heavy atom. The van der Waals surface area contributed by atoms with E-state index in [0.29, 0.717) is 18.8 Å². The van der Waals surface area contributed by atoms with Crippen molar-refractivity contribution in [3.8, 4) is 10.6 Å². The lowest BCUT2D eigenvalue weighted by Gasteiger charge is -2.32. The average molecular weight is 432 g/mol. The number of rotatable bonds is 4. The van der Waals surface area contributed by atoms with Crippen LogP contribution in [0.4, 0.5) is 24.7 Å². The van der Waals surface area contributed by atoms with Crippen molar-refractivity contribution >= 4 is 28.7 Å². The van der Waals surface area contributed by atoms with E-state index in [0.717, 1.165) is 35.7 Å². The van der Waals surface area contributed by atoms with Gasteiger partial charge in [0.05, 0.1) is 16.4 Å². The van der Waals surface area contributed by atoms with Gasteiger partial charge in [0.2, 0.25) is 5.91 Å². The Morgan fingerprint density at radius 1 is 1.13 bits per heavy atom. The second-order valence-corrected chi connectivity index (χ2v) is 8.05. The second-order valence-electron chi connectivity index (χ2n) is 7.11. The molecule has 5 nitrogen and oxygen atoms in total. The first-order valence-electron chi connectivity index (χ1n) is 9.51. The Morgan fingerprint density at radius 3 is 2.70 bits per heavy atom. The van der Waals surface area contributed by atoms with E-state index in [9.17, 15) is 18.0 Å². The Balaban J connectivity index is 1.42. The number of benzene rings is 1. The van der Waals surface area contributed by atoms with Crippen LogP contribution in [0.1, 0.15) is 18.4 Å². The van der Waals surface area contributed by atoms with E-state index in [1.54, 1.807) is 11.3 Å². The zero-order chi connectivity index (χ0) is 21.1. The number of thiophene rings is 1. The number of alkyl halides is 3. The van der Waals surface area contributed by atoms with Crippen molar-refractivity contribution in [3.05, 3.63) is 59.5 Å². The smallest absolute Gasteiger partial charge is 0.354 e. The van der Waals surface area contributed by atoms with Gasteiger partial charge in [0.25, 0.3) is 0 Å². The molecule has 30 heavy (non-hydrogen) atoms. The fraction of sp³-hybridized carbons (Fsp3) is 0.286. The van der Waals surface area contributed by atoms with Crippen LogP contribution < -0.4 is 10.2 Å². The first kappa shape index (κ1) is 20.3. The fourth-order valence-corrected chi connectivity index (χ4v) is 4.16. The van der Waals surface area contributed by atoms with Crippen molar-refractivity contribution in [2.24, 2.45) is 5.92 Å². The van der Waals surface area contributed by atoms with E-state index >= 15 is 0 Å². The molecule has 1 fully saturated rings. The van der Waals surface area contributed by atoms with Crippen molar-refractivity contribution in [2.75, 3.05) is 23.3 Å². The summed E-state index contributed by atoms with van der Waals surface area (Å²) in [6.07, 6.45) is -2.99. The summed E-state index contributed by atoms with van der Waals surface area (Å²) in [5.41, 5.74) is 0.156. The van der Waals surface area contributed by atoms with Crippen LogP contribution in [0.3, 0.4) is 0 Å². The molecule has 0 radical (unpaired) electrons. The molecule has 1 N–H and O–H groups in total. The molecule has 0 spiro atoms. The standard InChI is InChI=1S/C21H19F3N4OS/c22-21(23,24)15-5-1-6-16(12-15)25-20(29)14-4-2-10-28(13-14)19-9-8-17(26-27-19)18-7-3-11-30-18/h1,3,5-9,11-12,14H,2,4,10,13H2,(H,25,29). The molecule has 1 amide bonds. The molecule has 4 rings (SSSR count). The maximum Gasteiger partial charge on any atom is 0.416 e. The third kappa shape index (κ3) is 4.62. The highest BCUT2D eigenvalue weighted by Gasteiger charge is 2.31. The number of carbonyl (C=O) groups excluding carboxylic acids is 1. The van der Waals surface area contributed by atoms with Crippen LogP contribution in [0, 0.1) is 5.92 Å². The lowest BCUT2D eigenvalue weighted by atomic mass is 9.97. The molecular formula is C21H19F3N4OS. The van der Waals surface area contributed by atoms with E-state index in [1.165, 1.54) is 12.1 Å². The van der Waals surface area contributed by atoms with Gasteiger partial charge in [0.1, 0.15) is 5.69 Å². The van der Waals surface area contributed by atoms with Crippen LogP contribution in [0.2, 0.25) is 0 Å². The maximum atomic E-state index is 12.9. The molecule has 2 aromatic heterocycles. The number of anilines is 2. The SMILES string of the molecule is O=C(Nc1cccc(C(F)(F)F)c1)C1CCCN(c2ccc(-c3cccs3)nn2)C1. The van der Waals surface area contributed by atoms with Crippen molar-refractivity contribution in [1.29, 1.82) is 0 Å². The van der Waals surface area contributed by atoms with Crippen molar-refractivity contribution in [1.82, 2.24) is 10.2 Å². The van der Waals surface area contributed by atoms with E-state index in [4.69, 9.17) is 0 Å². The number of hydrogen-bond donors (Lipinski definition) is 1. The number of carbonyl (C=O) groups is 1. The monoisotopic (exact) mass is 432 g/mol. The normalized spacial score (nSPS) is 17.0. The first-order valence-corrected chi connectivity index (χ1v) is 10.4. The second kappa shape index (κ2) is 8.43. The van der Waals surface area contributed by atoms with Crippen LogP contribution in [0.25, 0.3) is 10.6 Å². The molecule has 0 aliphatic carbocycles. The first-order chi connectivity index (χ1) is 14.4. The van der Waals surface area contributed by atoms with Crippen LogP contribution in [0.15, 0.2) is 53.9 Å². The Bertz CT molecular complexity index is 1010. The van der Waals surface area contributed by atoms with E-state index in [1.807, 2.05) is 34.5 Å². The van der Waals surface area contributed by atoms with Crippen LogP contribution in [0.5, 0.6) is 0 Å². The molecule has 1 saturated heterocycles. The number of hydrogen-bond acceptors (Lipinski definition) is 5. The molecule has 156 valence electrons. The number of halogens is 3. The van der Waals surface area contributed by atoms with E-state index < -0.39 is 11.7 Å². The molecule has 1 unspecified atom stereocenters. The zero-order valence-corrected chi connectivity index (χ0v) is 16.7. The van der Waals surface area contributed by atoms with Gasteiger partial charge >= 0.3 is 6.18 Å². The zero-order valence-electron chi connectivity index (χ0n) is 15.9. The third-order valence-corrected chi connectivity index (χ3v) is 5.89. The Labute approximate surface area is 175 Å². The molecule has 9 heteroatoms. The quantitative estimate of drug-likeness (QED) is 0.625. The summed E-state index contributed by atoms with van der Waals surface area (Å²) in [5.74, 6) is 0.0566. The summed E-state index contributed by atoms with van der Waals surface area (Å²) in [7, 11) is 0. The molecule has 0 bridgehead atoms. The minimum atomic E-state index is -4.45. The number of nitrogens with zero attached hydrogens (tertiary/aromatic N) is 3. The summed E-state index contributed by atoms with van der Waals surface area (Å²) < 4.78 is 38.7. The van der Waals surface area contributed by atoms with Gasteiger partial charge in [-0.1, -0.05) is 12.1 Å². The summed E-state index contributed by atoms with van der Waals surface area (Å²) in [6, 6.07) is 12.4. The van der Waals surface area contributed by atoms with Crippen molar-refractivity contribution in [2.45, 2.75) is 19.0 Å². The van der Waals surface area contributed by atoms with Crippen molar-refractivity contribution < 1.29 is 18.0 Å². The highest BCUT2D eigenvalue weighted by molar-refractivity contribution is 7.13. The molecule has 3 heterocycles. The topological polar surface area (TPSA) is 58.1 Å². The summed E-state index contributed by atoms with van der Waals surface area (Å²) in [6.45, 7) is 1.19. The molecule has 1 atom stereocenters. The Kier molecular flexibility index (Phi) is 5.72. The average Bonchev–Trinajstić information content (AvgIpc) is 3.28. The van der Waals surface area contributed by atoms with E-state index in [2.05, 4.69) is 15.5 Å². The minimum Gasteiger partial charge on any atom is -0.354 e. The predicted octanol–water partition coefficient (Wildman–Crippen LogP) is 5.08. The predicted molar refractivity (Wildman–Crippen MR) is 110 cm³/mol. The largest absolute Gasteiger partial charge is 0.416 e. The minimum absolute atomic E-state index is 0.145. The summed E-state index contributed by atoms with van der Waals surface area (Å²) in [4.78, 5) is 15.7. The lowest BCUT2D eigenvalue weighted by Crippen LogP contribution is -2.41. The van der Waals surface area contributed by atoms with Gasteiger partial charge in [-0.05, 0) is 54.6 Å². The highest BCUT2D eigenvalue weighted by Crippen LogP contribution is 2.31. The number of nitrogens with one attached hydrogen (secondary N) is 1. The van der Waals surface area contributed by atoms with Crippen molar-refractivity contribution in [3.63, 3.8) is 0 Å². The molecule has 1 aliphatic heterocycles. The van der Waals surface area contributed by atoms with Gasteiger partial charge in [-0.2, -0.15) is 13.2 Å². The summed E-state index contributed by atoms with van der Waals surface area (Å²) in [5, 5.41) is 13.2. The van der Waals surface area contributed by atoms with E-state index in [-0.39, 0.29) is 17.5 Å². The number of amides is 1. The van der Waals surface area contributed by atoms with Gasteiger partial charge in [-0.3, -0.25) is 4.79 Å².